The fraction of sp³-hybridized carbons (Fsp3) is 0.636. The first-order valence-electron chi connectivity index (χ1n) is 6.17. The molecule has 122 valence electrons. The number of hydrogen-bond donors (Lipinski definition) is 3. The van der Waals surface area contributed by atoms with Crippen molar-refractivity contribution in [2.24, 2.45) is 0 Å². The molecule has 1 heterocycles. The molecule has 1 aromatic rings. The Morgan fingerprint density at radius 2 is 1.95 bits per heavy atom. The average molecular weight is 341 g/mol. The van der Waals surface area contributed by atoms with Gasteiger partial charge in [-0.25, -0.2) is 8.42 Å². The lowest BCUT2D eigenvalue weighted by Crippen LogP contribution is -2.46. The number of nitrogens with one attached hydrogen (secondary N) is 3. The van der Waals surface area contributed by atoms with Gasteiger partial charge in [0.1, 0.15) is 10.6 Å². The number of aryl methyl sites for hydroxylation is 2. The molecule has 0 saturated carbocycles. The predicted octanol–water partition coefficient (Wildman–Crippen LogP) is -0.284. The van der Waals surface area contributed by atoms with Crippen LogP contribution in [0.5, 0.6) is 0 Å². The SMILES string of the molecule is CNCCNC(=O)C(C)NS(=O)(=O)c1c(C)noc1C.Cl. The van der Waals surface area contributed by atoms with Crippen LogP contribution in [0.25, 0.3) is 0 Å². The summed E-state index contributed by atoms with van der Waals surface area (Å²) in [6.45, 7) is 5.54. The number of sulfonamides is 1. The fourth-order valence-electron chi connectivity index (χ4n) is 1.67. The number of hydrogen-bond acceptors (Lipinski definition) is 6. The van der Waals surface area contributed by atoms with Crippen LogP contribution < -0.4 is 15.4 Å². The monoisotopic (exact) mass is 340 g/mol. The Morgan fingerprint density at radius 3 is 2.43 bits per heavy atom. The van der Waals surface area contributed by atoms with Crippen LogP contribution in [0.4, 0.5) is 0 Å². The normalized spacial score (nSPS) is 12.6. The molecule has 1 rings (SSSR count). The third-order valence-electron chi connectivity index (χ3n) is 2.64. The number of likely N-dealkylation sites (N-methyl/N-ethyl adjacent to an activating group) is 1. The van der Waals surface area contributed by atoms with Gasteiger partial charge in [-0.1, -0.05) is 5.16 Å². The van der Waals surface area contributed by atoms with Crippen LogP contribution >= 0.6 is 12.4 Å². The van der Waals surface area contributed by atoms with E-state index in [0.717, 1.165) is 0 Å². The average Bonchev–Trinajstić information content (AvgIpc) is 2.69. The maximum atomic E-state index is 12.2. The lowest BCUT2D eigenvalue weighted by atomic mass is 10.3. The van der Waals surface area contributed by atoms with Crippen molar-refractivity contribution in [2.75, 3.05) is 20.1 Å². The molecule has 0 bridgehead atoms. The van der Waals surface area contributed by atoms with Crippen molar-refractivity contribution < 1.29 is 17.7 Å². The third-order valence-corrected chi connectivity index (χ3v) is 4.42. The van der Waals surface area contributed by atoms with Gasteiger partial charge in [-0.2, -0.15) is 4.72 Å². The Bertz CT molecular complexity index is 553. The summed E-state index contributed by atoms with van der Waals surface area (Å²) in [5.41, 5.74) is 0.262. The molecule has 1 aromatic heterocycles. The summed E-state index contributed by atoms with van der Waals surface area (Å²) in [5, 5.41) is 9.08. The molecule has 3 N–H and O–H groups in total. The van der Waals surface area contributed by atoms with E-state index in [1.807, 2.05) is 0 Å². The maximum absolute atomic E-state index is 12.2. The molecule has 0 aliphatic heterocycles. The van der Waals surface area contributed by atoms with E-state index in [4.69, 9.17) is 4.52 Å². The molecule has 1 atom stereocenters. The highest BCUT2D eigenvalue weighted by atomic mass is 35.5. The zero-order valence-electron chi connectivity index (χ0n) is 12.4. The summed E-state index contributed by atoms with van der Waals surface area (Å²) in [6, 6.07) is -0.884. The summed E-state index contributed by atoms with van der Waals surface area (Å²) in [6.07, 6.45) is 0. The van der Waals surface area contributed by atoms with Gasteiger partial charge in [0.05, 0.1) is 6.04 Å². The first-order valence-corrected chi connectivity index (χ1v) is 7.65. The highest BCUT2D eigenvalue weighted by Crippen LogP contribution is 2.18. The molecule has 0 radical (unpaired) electrons. The van der Waals surface area contributed by atoms with Crippen LogP contribution in [-0.2, 0) is 14.8 Å². The number of amides is 1. The van der Waals surface area contributed by atoms with Crippen molar-refractivity contribution in [1.82, 2.24) is 20.5 Å². The molecule has 1 unspecified atom stereocenters. The lowest BCUT2D eigenvalue weighted by molar-refractivity contribution is -0.122. The Morgan fingerprint density at radius 1 is 1.33 bits per heavy atom. The Balaban J connectivity index is 0.00000400. The summed E-state index contributed by atoms with van der Waals surface area (Å²) < 4.78 is 31.5. The smallest absolute Gasteiger partial charge is 0.246 e. The molecule has 0 aromatic carbocycles. The Kier molecular flexibility index (Phi) is 7.86. The van der Waals surface area contributed by atoms with Gasteiger partial charge in [-0.15, -0.1) is 12.4 Å². The van der Waals surface area contributed by atoms with E-state index in [2.05, 4.69) is 20.5 Å². The zero-order chi connectivity index (χ0) is 15.3. The number of aromatic nitrogens is 1. The minimum atomic E-state index is -3.84. The molecule has 8 nitrogen and oxygen atoms in total. The van der Waals surface area contributed by atoms with Gasteiger partial charge < -0.3 is 15.2 Å². The van der Waals surface area contributed by atoms with Crippen LogP contribution in [0.3, 0.4) is 0 Å². The summed E-state index contributed by atoms with van der Waals surface area (Å²) in [4.78, 5) is 11.7. The van der Waals surface area contributed by atoms with Gasteiger partial charge in [0.2, 0.25) is 15.9 Å². The van der Waals surface area contributed by atoms with Crippen molar-refractivity contribution in [3.63, 3.8) is 0 Å². The minimum Gasteiger partial charge on any atom is -0.360 e. The van der Waals surface area contributed by atoms with Crippen molar-refractivity contribution in [3.05, 3.63) is 11.5 Å². The van der Waals surface area contributed by atoms with Crippen molar-refractivity contribution in [2.45, 2.75) is 31.7 Å². The third kappa shape index (κ3) is 5.27. The van der Waals surface area contributed by atoms with E-state index >= 15 is 0 Å². The minimum absolute atomic E-state index is 0. The molecule has 0 fully saturated rings. The quantitative estimate of drug-likeness (QED) is 0.588. The van der Waals surface area contributed by atoms with Crippen LogP contribution in [0.15, 0.2) is 9.42 Å². The van der Waals surface area contributed by atoms with Crippen molar-refractivity contribution >= 4 is 28.3 Å². The first-order chi connectivity index (χ1) is 9.29. The first kappa shape index (κ1) is 19.8. The Labute approximate surface area is 130 Å². The van der Waals surface area contributed by atoms with E-state index in [0.29, 0.717) is 13.1 Å². The molecule has 10 heteroatoms. The summed E-state index contributed by atoms with van der Waals surface area (Å²) in [5.74, 6) is -0.201. The number of rotatable bonds is 7. The Hall–Kier alpha value is -1.16. The molecular formula is C11H21ClN4O4S. The standard InChI is InChI=1S/C11H20N4O4S.ClH/c1-7-10(9(3)19-14-7)20(17,18)15-8(2)11(16)13-6-5-12-4;/h8,12,15H,5-6H2,1-4H3,(H,13,16);1H. The van der Waals surface area contributed by atoms with Gasteiger partial charge in [0.15, 0.2) is 5.76 Å². The van der Waals surface area contributed by atoms with Crippen LogP contribution in [0.2, 0.25) is 0 Å². The number of carbonyl (C=O) groups excluding carboxylic acids is 1. The molecule has 0 aliphatic carbocycles. The highest BCUT2D eigenvalue weighted by Gasteiger charge is 2.27. The lowest BCUT2D eigenvalue weighted by Gasteiger charge is -2.14. The van der Waals surface area contributed by atoms with E-state index in [-0.39, 0.29) is 28.8 Å². The molecule has 0 aliphatic rings. The number of nitrogens with zero attached hydrogens (tertiary/aromatic N) is 1. The second-order valence-corrected chi connectivity index (χ2v) is 6.04. The topological polar surface area (TPSA) is 113 Å². The second-order valence-electron chi connectivity index (χ2n) is 4.39. The van der Waals surface area contributed by atoms with Gasteiger partial charge in [-0.3, -0.25) is 4.79 Å². The van der Waals surface area contributed by atoms with E-state index in [9.17, 15) is 13.2 Å². The van der Waals surface area contributed by atoms with Gasteiger partial charge in [0.25, 0.3) is 0 Å². The molecule has 21 heavy (non-hydrogen) atoms. The van der Waals surface area contributed by atoms with Crippen LogP contribution in [-0.4, -0.2) is 45.7 Å². The second kappa shape index (κ2) is 8.32. The number of halogens is 1. The van der Waals surface area contributed by atoms with Crippen LogP contribution in [0.1, 0.15) is 18.4 Å². The number of carbonyl (C=O) groups is 1. The van der Waals surface area contributed by atoms with E-state index < -0.39 is 22.0 Å². The van der Waals surface area contributed by atoms with Gasteiger partial charge >= 0.3 is 0 Å². The highest BCUT2D eigenvalue weighted by molar-refractivity contribution is 7.89. The van der Waals surface area contributed by atoms with E-state index in [1.54, 1.807) is 7.05 Å². The zero-order valence-corrected chi connectivity index (χ0v) is 14.0. The fourth-order valence-corrected chi connectivity index (χ4v) is 3.20. The molecule has 0 saturated heterocycles. The molecular weight excluding hydrogens is 320 g/mol. The van der Waals surface area contributed by atoms with Crippen LogP contribution in [0, 0.1) is 13.8 Å². The van der Waals surface area contributed by atoms with Gasteiger partial charge in [-0.05, 0) is 27.8 Å². The predicted molar refractivity (Wildman–Crippen MR) is 79.9 cm³/mol. The molecule has 1 amide bonds. The largest absolute Gasteiger partial charge is 0.360 e. The summed E-state index contributed by atoms with van der Waals surface area (Å²) >= 11 is 0. The van der Waals surface area contributed by atoms with Crippen molar-refractivity contribution in [3.8, 4) is 0 Å². The molecule has 0 spiro atoms. The van der Waals surface area contributed by atoms with E-state index in [1.165, 1.54) is 20.8 Å². The maximum Gasteiger partial charge on any atom is 0.246 e. The van der Waals surface area contributed by atoms with Crippen molar-refractivity contribution in [1.29, 1.82) is 0 Å². The van der Waals surface area contributed by atoms with Gasteiger partial charge in [0, 0.05) is 13.1 Å². The summed E-state index contributed by atoms with van der Waals surface area (Å²) in [7, 11) is -2.08.